The van der Waals surface area contributed by atoms with Crippen molar-refractivity contribution in [2.75, 3.05) is 0 Å². The van der Waals surface area contributed by atoms with E-state index in [-0.39, 0.29) is 0 Å². The lowest BCUT2D eigenvalue weighted by atomic mass is 10.4. The van der Waals surface area contributed by atoms with Crippen molar-refractivity contribution in [1.82, 2.24) is 0 Å². The molecule has 0 aliphatic rings. The van der Waals surface area contributed by atoms with Crippen molar-refractivity contribution in [3.8, 4) is 0 Å². The van der Waals surface area contributed by atoms with E-state index in [1.54, 1.807) is 0 Å². The van der Waals surface area contributed by atoms with E-state index in [1.807, 2.05) is 11.8 Å². The third kappa shape index (κ3) is 4.25. The molecule has 0 heterocycles. The molecule has 0 saturated carbocycles. The van der Waals surface area contributed by atoms with Crippen LogP contribution in [-0.2, 0) is 0 Å². The van der Waals surface area contributed by atoms with Crippen LogP contribution in [-0.4, -0.2) is 5.25 Å². The lowest BCUT2D eigenvalue weighted by Gasteiger charge is -2.00. The van der Waals surface area contributed by atoms with Gasteiger partial charge in [-0.25, -0.2) is 0 Å². The molecule has 0 aromatic heterocycles. The fourth-order valence-electron chi connectivity index (χ4n) is 0.309. The third-order valence-electron chi connectivity index (χ3n) is 1.02. The average molecular weight is 130 g/mol. The molecular formula is C7H14S. The molecule has 0 nitrogen and oxygen atoms in total. The molecule has 0 bridgehead atoms. The maximum Gasteiger partial charge on any atom is 0.00573 e. The highest BCUT2D eigenvalue weighted by molar-refractivity contribution is 8.02. The van der Waals surface area contributed by atoms with Crippen molar-refractivity contribution in [2.24, 2.45) is 0 Å². The minimum absolute atomic E-state index is 0.784. The summed E-state index contributed by atoms with van der Waals surface area (Å²) < 4.78 is 0. The van der Waals surface area contributed by atoms with Crippen molar-refractivity contribution < 1.29 is 0 Å². The maximum atomic E-state index is 2.24. The molecule has 0 rings (SSSR count). The summed E-state index contributed by atoms with van der Waals surface area (Å²) >= 11 is 1.90. The molecule has 0 fully saturated rings. The van der Waals surface area contributed by atoms with Crippen molar-refractivity contribution in [3.05, 3.63) is 11.5 Å². The zero-order chi connectivity index (χ0) is 6.41. The van der Waals surface area contributed by atoms with Gasteiger partial charge in [-0.15, -0.1) is 11.8 Å². The predicted molar refractivity (Wildman–Crippen MR) is 42.2 cm³/mol. The number of allylic oxidation sites excluding steroid dienone is 1. The van der Waals surface area contributed by atoms with E-state index in [0.717, 1.165) is 5.25 Å². The van der Waals surface area contributed by atoms with Gasteiger partial charge < -0.3 is 0 Å². The molecule has 0 aromatic rings. The Morgan fingerprint density at radius 2 is 2.25 bits per heavy atom. The maximum absolute atomic E-state index is 2.24. The first kappa shape index (κ1) is 8.09. The molecule has 0 amide bonds. The molecule has 1 unspecified atom stereocenters. The molecule has 0 aliphatic carbocycles. The highest BCUT2D eigenvalue weighted by Gasteiger charge is 1.91. The van der Waals surface area contributed by atoms with Gasteiger partial charge in [0.05, 0.1) is 0 Å². The lowest BCUT2D eigenvalue weighted by Crippen LogP contribution is -1.87. The van der Waals surface area contributed by atoms with Crippen molar-refractivity contribution in [3.63, 3.8) is 0 Å². The second kappa shape index (κ2) is 5.23. The van der Waals surface area contributed by atoms with E-state index >= 15 is 0 Å². The Kier molecular flexibility index (Phi) is 5.29. The molecule has 48 valence electrons. The molecule has 0 aliphatic heterocycles. The molecule has 0 saturated heterocycles. The first-order valence-corrected chi connectivity index (χ1v) is 4.02. The van der Waals surface area contributed by atoms with Gasteiger partial charge >= 0.3 is 0 Å². The van der Waals surface area contributed by atoms with Crippen LogP contribution >= 0.6 is 11.8 Å². The second-order valence-corrected chi connectivity index (χ2v) is 3.17. The Hall–Kier alpha value is 0.0900. The lowest BCUT2D eigenvalue weighted by molar-refractivity contribution is 0.910. The molecule has 0 aromatic carbocycles. The molecule has 0 spiro atoms. The zero-order valence-electron chi connectivity index (χ0n) is 5.85. The van der Waals surface area contributed by atoms with Crippen molar-refractivity contribution in [1.29, 1.82) is 0 Å². The fraction of sp³-hybridized carbons (Fsp3) is 0.714. The predicted octanol–water partition coefficient (Wildman–Crippen LogP) is 3.05. The summed E-state index contributed by atoms with van der Waals surface area (Å²) in [6, 6.07) is 0. The summed E-state index contributed by atoms with van der Waals surface area (Å²) in [5.41, 5.74) is 0. The highest BCUT2D eigenvalue weighted by atomic mass is 32.2. The van der Waals surface area contributed by atoms with Crippen molar-refractivity contribution >= 4 is 11.8 Å². The Morgan fingerprint density at radius 3 is 2.62 bits per heavy atom. The first-order chi connectivity index (χ1) is 3.81. The largest absolute Gasteiger partial charge is 0.131 e. The Labute approximate surface area is 56.4 Å². The van der Waals surface area contributed by atoms with Crippen LogP contribution in [0.5, 0.6) is 0 Å². The van der Waals surface area contributed by atoms with E-state index < -0.39 is 0 Å². The highest BCUT2D eigenvalue weighted by Crippen LogP contribution is 2.13. The summed E-state index contributed by atoms with van der Waals surface area (Å²) in [5, 5.41) is 2.93. The molecular weight excluding hydrogens is 116 g/mol. The van der Waals surface area contributed by atoms with Gasteiger partial charge in [0, 0.05) is 5.25 Å². The van der Waals surface area contributed by atoms with Crippen LogP contribution in [0, 0.1) is 0 Å². The van der Waals surface area contributed by atoms with Gasteiger partial charge in [-0.3, -0.25) is 0 Å². The van der Waals surface area contributed by atoms with Gasteiger partial charge in [0.1, 0.15) is 0 Å². The summed E-state index contributed by atoms with van der Waals surface area (Å²) in [4.78, 5) is 0. The van der Waals surface area contributed by atoms with Gasteiger partial charge in [-0.05, 0) is 18.8 Å². The van der Waals surface area contributed by atoms with Crippen LogP contribution in [0.3, 0.4) is 0 Å². The van der Waals surface area contributed by atoms with E-state index in [2.05, 4.69) is 32.3 Å². The van der Waals surface area contributed by atoms with E-state index in [4.69, 9.17) is 0 Å². The summed E-state index contributed by atoms with van der Waals surface area (Å²) in [5.74, 6) is 0. The van der Waals surface area contributed by atoms with Crippen LogP contribution < -0.4 is 0 Å². The standard InChI is InChI=1S/C7H14S/c1-4-6-8-7(3)5-2/h4,6-7H,5H2,1-3H3/b6-4-. The van der Waals surface area contributed by atoms with Crippen molar-refractivity contribution in [2.45, 2.75) is 32.4 Å². The zero-order valence-corrected chi connectivity index (χ0v) is 6.66. The number of rotatable bonds is 3. The minimum atomic E-state index is 0.784. The summed E-state index contributed by atoms with van der Waals surface area (Å²) in [7, 11) is 0. The van der Waals surface area contributed by atoms with Crippen LogP contribution in [0.4, 0.5) is 0 Å². The second-order valence-electron chi connectivity index (χ2n) is 1.82. The van der Waals surface area contributed by atoms with Gasteiger partial charge in [0.2, 0.25) is 0 Å². The van der Waals surface area contributed by atoms with Gasteiger partial charge in [-0.1, -0.05) is 19.9 Å². The molecule has 0 radical (unpaired) electrons. The average Bonchev–Trinajstić information content (AvgIpc) is 1.83. The smallest absolute Gasteiger partial charge is 0.00573 e. The number of hydrogen-bond donors (Lipinski definition) is 0. The van der Waals surface area contributed by atoms with Crippen LogP contribution in [0.15, 0.2) is 11.5 Å². The van der Waals surface area contributed by atoms with Crippen LogP contribution in [0.2, 0.25) is 0 Å². The Morgan fingerprint density at radius 1 is 1.62 bits per heavy atom. The van der Waals surface area contributed by atoms with E-state index in [0.29, 0.717) is 0 Å². The topological polar surface area (TPSA) is 0 Å². The van der Waals surface area contributed by atoms with E-state index in [9.17, 15) is 0 Å². The Balaban J connectivity index is 3.10. The quantitative estimate of drug-likeness (QED) is 0.566. The summed E-state index contributed by atoms with van der Waals surface area (Å²) in [6.45, 7) is 6.50. The fourth-order valence-corrected chi connectivity index (χ4v) is 0.927. The molecule has 8 heavy (non-hydrogen) atoms. The number of hydrogen-bond acceptors (Lipinski definition) is 1. The Bertz CT molecular complexity index is 66.8. The third-order valence-corrected chi connectivity index (χ3v) is 2.25. The monoisotopic (exact) mass is 130 g/mol. The van der Waals surface area contributed by atoms with Crippen LogP contribution in [0.25, 0.3) is 0 Å². The SMILES string of the molecule is C/C=C\SC(C)CC. The minimum Gasteiger partial charge on any atom is -0.131 e. The normalized spacial score (nSPS) is 14.9. The summed E-state index contributed by atoms with van der Waals surface area (Å²) in [6.07, 6.45) is 3.34. The molecule has 1 heteroatoms. The molecule has 1 atom stereocenters. The van der Waals surface area contributed by atoms with Crippen LogP contribution in [0.1, 0.15) is 27.2 Å². The van der Waals surface area contributed by atoms with Gasteiger partial charge in [-0.2, -0.15) is 0 Å². The molecule has 0 N–H and O–H groups in total. The number of thioether (sulfide) groups is 1. The first-order valence-electron chi connectivity index (χ1n) is 3.07. The van der Waals surface area contributed by atoms with Gasteiger partial charge in [0.25, 0.3) is 0 Å². The van der Waals surface area contributed by atoms with Gasteiger partial charge in [0.15, 0.2) is 0 Å². The van der Waals surface area contributed by atoms with E-state index in [1.165, 1.54) is 6.42 Å².